The molecule has 162 valence electrons. The number of hydrogen-bond acceptors (Lipinski definition) is 4. The molecule has 0 aliphatic carbocycles. The fourth-order valence-corrected chi connectivity index (χ4v) is 3.19. The third-order valence-electron chi connectivity index (χ3n) is 4.04. The van der Waals surface area contributed by atoms with Crippen molar-refractivity contribution in [1.82, 2.24) is 16.0 Å². The molecule has 3 atom stereocenters. The van der Waals surface area contributed by atoms with Gasteiger partial charge in [-0.15, -0.1) is 0 Å². The fraction of sp³-hybridized carbons (Fsp3) is 0.800. The van der Waals surface area contributed by atoms with E-state index in [-0.39, 0.29) is 55.0 Å². The summed E-state index contributed by atoms with van der Waals surface area (Å²) in [7, 11) is 0. The highest BCUT2D eigenvalue weighted by molar-refractivity contribution is 5.81. The highest BCUT2D eigenvalue weighted by Gasteiger charge is 2.22. The summed E-state index contributed by atoms with van der Waals surface area (Å²) >= 11 is 0. The third-order valence-corrected chi connectivity index (χ3v) is 4.04. The van der Waals surface area contributed by atoms with Gasteiger partial charge < -0.3 is 21.1 Å². The molecule has 0 heterocycles. The molecule has 0 unspecified atom stereocenters. The summed E-state index contributed by atoms with van der Waals surface area (Å²) in [6.45, 7) is 11.1. The van der Waals surface area contributed by atoms with Crippen LogP contribution in [0.5, 0.6) is 0 Å². The molecule has 0 aromatic carbocycles. The normalized spacial score (nSPS) is 14.3. The molecule has 8 heteroatoms. The van der Waals surface area contributed by atoms with Crippen LogP contribution in [0.2, 0.25) is 0 Å². The lowest BCUT2D eigenvalue weighted by atomic mass is 9.98. The summed E-state index contributed by atoms with van der Waals surface area (Å²) in [5, 5.41) is 17.1. The van der Waals surface area contributed by atoms with Crippen molar-refractivity contribution in [2.45, 2.75) is 91.8 Å². The zero-order valence-corrected chi connectivity index (χ0v) is 18.0. The van der Waals surface area contributed by atoms with E-state index in [1.807, 2.05) is 27.7 Å². The molecule has 28 heavy (non-hydrogen) atoms. The molecule has 0 radical (unpaired) electrons. The number of hydrogen-bond donors (Lipinski definition) is 4. The van der Waals surface area contributed by atoms with Crippen molar-refractivity contribution in [3.63, 3.8) is 0 Å². The Hall–Kier alpha value is -2.12. The molecule has 0 spiro atoms. The first kappa shape index (κ1) is 25.9. The van der Waals surface area contributed by atoms with Crippen LogP contribution in [-0.4, -0.2) is 46.9 Å². The Morgan fingerprint density at radius 3 is 1.54 bits per heavy atom. The lowest BCUT2D eigenvalue weighted by Gasteiger charge is -2.24. The van der Waals surface area contributed by atoms with Gasteiger partial charge in [0.15, 0.2) is 0 Å². The van der Waals surface area contributed by atoms with Crippen LogP contribution >= 0.6 is 0 Å². The van der Waals surface area contributed by atoms with E-state index in [1.165, 1.54) is 6.92 Å². The summed E-state index contributed by atoms with van der Waals surface area (Å²) in [6.07, 6.45) is 1.41. The average Bonchev–Trinajstić information content (AvgIpc) is 2.42. The first-order valence-electron chi connectivity index (χ1n) is 9.96. The van der Waals surface area contributed by atoms with E-state index in [0.717, 1.165) is 0 Å². The maximum Gasteiger partial charge on any atom is 0.305 e. The second-order valence-electron chi connectivity index (χ2n) is 8.40. The summed E-state index contributed by atoms with van der Waals surface area (Å²) < 4.78 is 0. The van der Waals surface area contributed by atoms with Gasteiger partial charge in [-0.05, 0) is 31.6 Å². The Morgan fingerprint density at radius 1 is 0.714 bits per heavy atom. The van der Waals surface area contributed by atoms with Crippen molar-refractivity contribution in [2.24, 2.45) is 11.8 Å². The first-order valence-corrected chi connectivity index (χ1v) is 9.96. The monoisotopic (exact) mass is 399 g/mol. The van der Waals surface area contributed by atoms with Gasteiger partial charge in [-0.3, -0.25) is 19.2 Å². The number of carboxylic acids is 1. The van der Waals surface area contributed by atoms with E-state index in [0.29, 0.717) is 18.8 Å². The summed E-state index contributed by atoms with van der Waals surface area (Å²) in [5.41, 5.74) is 0. The molecule has 0 saturated heterocycles. The zero-order chi connectivity index (χ0) is 21.9. The van der Waals surface area contributed by atoms with E-state index < -0.39 is 12.0 Å². The predicted molar refractivity (Wildman–Crippen MR) is 108 cm³/mol. The minimum atomic E-state index is -0.978. The smallest absolute Gasteiger partial charge is 0.305 e. The van der Waals surface area contributed by atoms with E-state index in [9.17, 15) is 19.2 Å². The Kier molecular flexibility index (Phi) is 12.1. The van der Waals surface area contributed by atoms with Gasteiger partial charge in [0.25, 0.3) is 0 Å². The number of nitrogens with one attached hydrogen (secondary N) is 3. The number of carboxylic acid groups (broad SMARTS) is 1. The molecule has 0 aliphatic heterocycles. The van der Waals surface area contributed by atoms with Gasteiger partial charge in [-0.2, -0.15) is 0 Å². The van der Waals surface area contributed by atoms with E-state index in [1.54, 1.807) is 6.92 Å². The van der Waals surface area contributed by atoms with Gasteiger partial charge in [-0.25, -0.2) is 0 Å². The summed E-state index contributed by atoms with van der Waals surface area (Å²) in [5.74, 6) is -1.05. The standard InChI is InChI=1S/C20H37N3O5/c1-12(2)7-16(22-15(6)24)10-19(26)23-17(8-13(3)4)11-18(25)21-14(5)9-20(27)28/h12-14,16-17H,7-11H2,1-6H3,(H,21,25)(H,22,24)(H,23,26)(H,27,28)/t14-,16-,17-/m0/s1. The number of aliphatic carboxylic acids is 1. The quantitative estimate of drug-likeness (QED) is 0.376. The molecule has 3 amide bonds. The minimum absolute atomic E-state index is 0.0862. The van der Waals surface area contributed by atoms with Gasteiger partial charge >= 0.3 is 5.97 Å². The molecule has 0 bridgehead atoms. The number of rotatable bonds is 13. The van der Waals surface area contributed by atoms with Gasteiger partial charge in [0.2, 0.25) is 17.7 Å². The fourth-order valence-electron chi connectivity index (χ4n) is 3.19. The Labute approximate surface area is 168 Å². The maximum absolute atomic E-state index is 12.5. The molecule has 0 aromatic heterocycles. The van der Waals surface area contributed by atoms with Crippen LogP contribution in [0, 0.1) is 11.8 Å². The Bertz CT molecular complexity index is 534. The van der Waals surface area contributed by atoms with E-state index in [2.05, 4.69) is 16.0 Å². The van der Waals surface area contributed by atoms with Gasteiger partial charge in [0.1, 0.15) is 0 Å². The molecular weight excluding hydrogens is 362 g/mol. The Morgan fingerprint density at radius 2 is 1.14 bits per heavy atom. The SMILES string of the molecule is CC(=O)N[C@H](CC(=O)N[C@H](CC(=O)N[C@@H](C)CC(=O)O)CC(C)C)CC(C)C. The van der Waals surface area contributed by atoms with Gasteiger partial charge in [0.05, 0.1) is 6.42 Å². The van der Waals surface area contributed by atoms with Crippen molar-refractivity contribution < 1.29 is 24.3 Å². The van der Waals surface area contributed by atoms with Crippen LogP contribution in [0.4, 0.5) is 0 Å². The van der Waals surface area contributed by atoms with Crippen molar-refractivity contribution in [1.29, 1.82) is 0 Å². The van der Waals surface area contributed by atoms with Crippen LogP contribution in [0.15, 0.2) is 0 Å². The van der Waals surface area contributed by atoms with Crippen molar-refractivity contribution >= 4 is 23.7 Å². The van der Waals surface area contributed by atoms with Crippen molar-refractivity contribution in [2.75, 3.05) is 0 Å². The third kappa shape index (κ3) is 14.0. The highest BCUT2D eigenvalue weighted by Crippen LogP contribution is 2.11. The Balaban J connectivity index is 4.82. The number of carbonyl (C=O) groups is 4. The topological polar surface area (TPSA) is 125 Å². The van der Waals surface area contributed by atoms with E-state index >= 15 is 0 Å². The molecular formula is C20H37N3O5. The second kappa shape index (κ2) is 13.1. The lowest BCUT2D eigenvalue weighted by Crippen LogP contribution is -2.45. The maximum atomic E-state index is 12.5. The van der Waals surface area contributed by atoms with Crippen LogP contribution in [0.1, 0.15) is 73.6 Å². The number of amides is 3. The van der Waals surface area contributed by atoms with E-state index in [4.69, 9.17) is 5.11 Å². The van der Waals surface area contributed by atoms with Crippen molar-refractivity contribution in [3.05, 3.63) is 0 Å². The lowest BCUT2D eigenvalue weighted by molar-refractivity contribution is -0.137. The van der Waals surface area contributed by atoms with Crippen LogP contribution in [0.25, 0.3) is 0 Å². The summed E-state index contributed by atoms with van der Waals surface area (Å²) in [6, 6.07) is -1.07. The van der Waals surface area contributed by atoms with Gasteiger partial charge in [0, 0.05) is 37.9 Å². The van der Waals surface area contributed by atoms with Crippen molar-refractivity contribution in [3.8, 4) is 0 Å². The van der Waals surface area contributed by atoms with Crippen LogP contribution < -0.4 is 16.0 Å². The molecule has 0 rings (SSSR count). The van der Waals surface area contributed by atoms with Crippen LogP contribution in [0.3, 0.4) is 0 Å². The highest BCUT2D eigenvalue weighted by atomic mass is 16.4. The van der Waals surface area contributed by atoms with Crippen LogP contribution in [-0.2, 0) is 19.2 Å². The average molecular weight is 400 g/mol. The molecule has 0 aliphatic rings. The molecule has 4 N–H and O–H groups in total. The predicted octanol–water partition coefficient (Wildman–Crippen LogP) is 1.83. The number of carbonyl (C=O) groups excluding carboxylic acids is 3. The molecule has 0 saturated carbocycles. The largest absolute Gasteiger partial charge is 0.481 e. The minimum Gasteiger partial charge on any atom is -0.481 e. The molecule has 0 aromatic rings. The van der Waals surface area contributed by atoms with Gasteiger partial charge in [-0.1, -0.05) is 27.7 Å². The molecule has 0 fully saturated rings. The zero-order valence-electron chi connectivity index (χ0n) is 18.0. The first-order chi connectivity index (χ1) is 12.9. The molecule has 8 nitrogen and oxygen atoms in total. The second-order valence-corrected chi connectivity index (χ2v) is 8.40. The summed E-state index contributed by atoms with van der Waals surface area (Å²) in [4.78, 5) is 46.8.